The number of benzene rings is 2. The number of hydrogen-bond donors (Lipinski definition) is 0. The summed E-state index contributed by atoms with van der Waals surface area (Å²) in [6.45, 7) is 2.29. The van der Waals surface area contributed by atoms with Crippen LogP contribution in [-0.2, 0) is 20.5 Å². The van der Waals surface area contributed by atoms with Crippen LogP contribution in [0.2, 0.25) is 0 Å². The van der Waals surface area contributed by atoms with Crippen LogP contribution in [0.5, 0.6) is 5.75 Å². The van der Waals surface area contributed by atoms with Crippen LogP contribution in [0.4, 0.5) is 0 Å². The fourth-order valence-electron chi connectivity index (χ4n) is 6.72. The molecule has 0 saturated carbocycles. The lowest BCUT2D eigenvalue weighted by atomic mass is 9.89. The molecule has 1 atom stereocenters. The van der Waals surface area contributed by atoms with Crippen molar-refractivity contribution < 1.29 is 14.3 Å². The second-order valence-corrected chi connectivity index (χ2v) is 12.5. The standard InChI is InChI=1S/C40H43N3O3/c1-4-28-17-10-7-5-6-8-13-20-30-25-32(28)36(43(30)3)26-34-38(27-33(41-34)35-22-16-24-42(35)2)46-37-23-15-14-21-31(37)40(45)39(44)29-18-11-9-12-19-29/h9,11-12,14-16,18-19,21-28H,4-8,10,13,17,20H2,1-3H3. The zero-order valence-electron chi connectivity index (χ0n) is 27.2. The maximum atomic E-state index is 13.5. The molecule has 0 amide bonds. The average Bonchev–Trinajstić information content (AvgIpc) is 3.77. The summed E-state index contributed by atoms with van der Waals surface area (Å²) in [6, 6.07) is 22.1. The van der Waals surface area contributed by atoms with Gasteiger partial charge in [0.25, 0.3) is 0 Å². The van der Waals surface area contributed by atoms with Crippen LogP contribution in [0.25, 0.3) is 6.08 Å². The van der Waals surface area contributed by atoms with Crippen LogP contribution in [0.3, 0.4) is 0 Å². The van der Waals surface area contributed by atoms with E-state index in [2.05, 4.69) is 30.7 Å². The van der Waals surface area contributed by atoms with Gasteiger partial charge in [-0.25, -0.2) is 4.99 Å². The van der Waals surface area contributed by atoms with Gasteiger partial charge >= 0.3 is 0 Å². The molecule has 0 spiro atoms. The SMILES string of the molecule is CCC1CCCCCCCCc2cc1c(C=C1N=C(c3cccn3C)C=C1Oc1ccccc1C(=O)C(=O)c1ccccc1)n2C. The number of rotatable bonds is 8. The van der Waals surface area contributed by atoms with Gasteiger partial charge in [-0.3, -0.25) is 9.59 Å². The maximum absolute atomic E-state index is 13.5. The fraction of sp³-hybridized carbons (Fsp3) is 0.325. The van der Waals surface area contributed by atoms with Crippen LogP contribution in [0.15, 0.2) is 102 Å². The first-order valence-corrected chi connectivity index (χ1v) is 16.7. The van der Waals surface area contributed by atoms with E-state index in [1.165, 1.54) is 56.2 Å². The Bertz CT molecular complexity index is 1820. The van der Waals surface area contributed by atoms with Gasteiger partial charge in [-0.15, -0.1) is 0 Å². The number of carbonyl (C=O) groups is 2. The summed E-state index contributed by atoms with van der Waals surface area (Å²) in [5.74, 6) is 0.175. The van der Waals surface area contributed by atoms with E-state index in [0.717, 1.165) is 29.9 Å². The Morgan fingerprint density at radius 1 is 0.891 bits per heavy atom. The highest BCUT2D eigenvalue weighted by Crippen LogP contribution is 2.36. The molecule has 0 fully saturated rings. The monoisotopic (exact) mass is 613 g/mol. The van der Waals surface area contributed by atoms with Gasteiger partial charge in [-0.2, -0.15) is 0 Å². The maximum Gasteiger partial charge on any atom is 0.237 e. The van der Waals surface area contributed by atoms with E-state index < -0.39 is 11.6 Å². The number of para-hydroxylation sites is 1. The second-order valence-electron chi connectivity index (χ2n) is 12.5. The smallest absolute Gasteiger partial charge is 0.237 e. The first-order chi connectivity index (χ1) is 22.4. The quantitative estimate of drug-likeness (QED) is 0.147. The Balaban J connectivity index is 1.41. The summed E-state index contributed by atoms with van der Waals surface area (Å²) < 4.78 is 10.9. The molecule has 0 saturated heterocycles. The summed E-state index contributed by atoms with van der Waals surface area (Å²) in [5, 5.41) is 0. The highest BCUT2D eigenvalue weighted by Gasteiger charge is 2.26. The van der Waals surface area contributed by atoms with Crippen molar-refractivity contribution in [2.75, 3.05) is 0 Å². The molecule has 0 radical (unpaired) electrons. The van der Waals surface area contributed by atoms with Crippen molar-refractivity contribution in [3.63, 3.8) is 0 Å². The van der Waals surface area contributed by atoms with Crippen LogP contribution in [0.1, 0.15) is 108 Å². The second kappa shape index (κ2) is 14.2. The molecule has 0 N–H and O–H groups in total. The number of allylic oxidation sites excluding steroid dienone is 1. The zero-order chi connectivity index (χ0) is 32.0. The number of fused-ring (bicyclic) bond motifs is 2. The molecular weight excluding hydrogens is 570 g/mol. The highest BCUT2D eigenvalue weighted by atomic mass is 16.5. The van der Waals surface area contributed by atoms with E-state index in [1.54, 1.807) is 42.5 Å². The van der Waals surface area contributed by atoms with Gasteiger partial charge < -0.3 is 13.9 Å². The molecule has 1 aliphatic heterocycles. The Morgan fingerprint density at radius 2 is 1.63 bits per heavy atom. The molecule has 1 unspecified atom stereocenters. The Kier molecular flexibility index (Phi) is 9.62. The number of Topliss-reactive ketones (excluding diaryl/α,β-unsaturated/α-hetero) is 2. The molecule has 46 heavy (non-hydrogen) atoms. The first kappa shape index (κ1) is 31.3. The average molecular weight is 614 g/mol. The minimum atomic E-state index is -0.605. The molecule has 4 aromatic rings. The third-order valence-corrected chi connectivity index (χ3v) is 9.41. The lowest BCUT2D eigenvalue weighted by Crippen LogP contribution is -2.15. The zero-order valence-corrected chi connectivity index (χ0v) is 27.2. The van der Waals surface area contributed by atoms with E-state index in [0.29, 0.717) is 28.7 Å². The lowest BCUT2D eigenvalue weighted by molar-refractivity contribution is 0.0815. The van der Waals surface area contributed by atoms with E-state index >= 15 is 0 Å². The number of ether oxygens (including phenoxy) is 1. The Labute approximate surface area is 272 Å². The van der Waals surface area contributed by atoms with Gasteiger partial charge in [-0.05, 0) is 73.6 Å². The van der Waals surface area contributed by atoms with E-state index in [9.17, 15) is 9.59 Å². The normalized spacial score (nSPS) is 18.0. The van der Waals surface area contributed by atoms with Crippen LogP contribution >= 0.6 is 0 Å². The summed E-state index contributed by atoms with van der Waals surface area (Å²) in [4.78, 5) is 31.7. The molecular formula is C40H43N3O3. The van der Waals surface area contributed by atoms with Gasteiger partial charge in [0.15, 0.2) is 5.76 Å². The van der Waals surface area contributed by atoms with Crippen molar-refractivity contribution in [1.82, 2.24) is 9.13 Å². The summed E-state index contributed by atoms with van der Waals surface area (Å²) in [6.07, 6.45) is 17.1. The summed E-state index contributed by atoms with van der Waals surface area (Å²) in [5.41, 5.74) is 6.91. The van der Waals surface area contributed by atoms with E-state index in [-0.39, 0.29) is 5.56 Å². The molecule has 6 nitrogen and oxygen atoms in total. The number of aromatic nitrogens is 2. The molecule has 6 heteroatoms. The molecule has 2 aliphatic rings. The van der Waals surface area contributed by atoms with Crippen molar-refractivity contribution in [3.05, 3.63) is 130 Å². The fourth-order valence-corrected chi connectivity index (χ4v) is 6.72. The van der Waals surface area contributed by atoms with E-state index in [1.807, 2.05) is 48.2 Å². The summed E-state index contributed by atoms with van der Waals surface area (Å²) >= 11 is 0. The largest absolute Gasteiger partial charge is 0.454 e. The van der Waals surface area contributed by atoms with Gasteiger partial charge in [0.2, 0.25) is 11.6 Å². The molecule has 6 rings (SSSR count). The van der Waals surface area contributed by atoms with Gasteiger partial charge in [0, 0.05) is 43.3 Å². The van der Waals surface area contributed by atoms with Crippen molar-refractivity contribution in [2.45, 2.75) is 70.6 Å². The minimum absolute atomic E-state index is 0.224. The molecule has 2 aromatic carbocycles. The first-order valence-electron chi connectivity index (χ1n) is 16.7. The number of aryl methyl sites for hydroxylation is 2. The topological polar surface area (TPSA) is 65.6 Å². The van der Waals surface area contributed by atoms with Gasteiger partial charge in [0.1, 0.15) is 11.4 Å². The number of nitrogens with zero attached hydrogens (tertiary/aromatic N) is 3. The predicted octanol–water partition coefficient (Wildman–Crippen LogP) is 9.02. The minimum Gasteiger partial charge on any atom is -0.454 e. The van der Waals surface area contributed by atoms with Crippen LogP contribution in [0, 0.1) is 0 Å². The van der Waals surface area contributed by atoms with E-state index in [4.69, 9.17) is 9.73 Å². The van der Waals surface area contributed by atoms with Crippen molar-refractivity contribution >= 4 is 23.4 Å². The number of aliphatic imine (C=N–C) groups is 1. The number of carbonyl (C=O) groups excluding carboxylic acids is 2. The third-order valence-electron chi connectivity index (χ3n) is 9.41. The van der Waals surface area contributed by atoms with Crippen LogP contribution < -0.4 is 4.74 Å². The van der Waals surface area contributed by atoms with Gasteiger partial charge in [-0.1, -0.05) is 81.5 Å². The molecule has 1 aliphatic carbocycles. The van der Waals surface area contributed by atoms with Crippen LogP contribution in [-0.4, -0.2) is 26.4 Å². The van der Waals surface area contributed by atoms with Crippen molar-refractivity contribution in [3.8, 4) is 5.75 Å². The highest BCUT2D eigenvalue weighted by molar-refractivity contribution is 6.49. The molecule has 236 valence electrons. The van der Waals surface area contributed by atoms with Gasteiger partial charge in [0.05, 0.1) is 17.0 Å². The van der Waals surface area contributed by atoms with Crippen molar-refractivity contribution in [1.29, 1.82) is 0 Å². The number of hydrogen-bond acceptors (Lipinski definition) is 4. The predicted molar refractivity (Wildman–Crippen MR) is 185 cm³/mol. The molecule has 2 bridgehead atoms. The number of ketones is 2. The molecule has 3 heterocycles. The Morgan fingerprint density at radius 3 is 2.39 bits per heavy atom. The Hall–Kier alpha value is -4.71. The van der Waals surface area contributed by atoms with Crippen molar-refractivity contribution in [2.24, 2.45) is 19.1 Å². The molecule has 2 aromatic heterocycles. The third kappa shape index (κ3) is 6.62. The lowest BCUT2D eigenvalue weighted by Gasteiger charge is -2.16. The summed E-state index contributed by atoms with van der Waals surface area (Å²) in [7, 11) is 4.17.